The van der Waals surface area contributed by atoms with Gasteiger partial charge in [-0.3, -0.25) is 9.36 Å². The molecular formula is C27H25N5O3. The molecule has 35 heavy (non-hydrogen) atoms. The number of rotatable bonds is 5. The SMILES string of the molecule is COc1ccc(NC(=O)c2c(N)n(-c3cccc(C)c3C)c3nc4ccccc4nc23)cc1OC. The van der Waals surface area contributed by atoms with E-state index in [1.807, 2.05) is 56.3 Å². The molecule has 3 aromatic carbocycles. The molecule has 176 valence electrons. The zero-order valence-electron chi connectivity index (χ0n) is 19.9. The highest BCUT2D eigenvalue weighted by Gasteiger charge is 2.26. The molecule has 5 rings (SSSR count). The summed E-state index contributed by atoms with van der Waals surface area (Å²) >= 11 is 0. The topological polar surface area (TPSA) is 104 Å². The van der Waals surface area contributed by atoms with Crippen LogP contribution in [0.4, 0.5) is 11.5 Å². The summed E-state index contributed by atoms with van der Waals surface area (Å²) in [6.07, 6.45) is 0. The van der Waals surface area contributed by atoms with Crippen LogP contribution >= 0.6 is 0 Å². The van der Waals surface area contributed by atoms with E-state index >= 15 is 0 Å². The highest BCUT2D eigenvalue weighted by molar-refractivity contribution is 6.16. The first-order chi connectivity index (χ1) is 16.9. The van der Waals surface area contributed by atoms with Gasteiger partial charge in [0.05, 0.1) is 30.9 Å². The Morgan fingerprint density at radius 2 is 1.63 bits per heavy atom. The summed E-state index contributed by atoms with van der Waals surface area (Å²) in [6.45, 7) is 4.06. The average Bonchev–Trinajstić information content (AvgIpc) is 3.14. The van der Waals surface area contributed by atoms with Crippen molar-refractivity contribution >= 4 is 39.6 Å². The van der Waals surface area contributed by atoms with Crippen LogP contribution in [0.1, 0.15) is 21.5 Å². The number of fused-ring (bicyclic) bond motifs is 2. The lowest BCUT2D eigenvalue weighted by Gasteiger charge is -2.13. The van der Waals surface area contributed by atoms with E-state index in [9.17, 15) is 4.79 Å². The molecule has 0 unspecified atom stereocenters. The van der Waals surface area contributed by atoms with Gasteiger partial charge in [0.15, 0.2) is 17.1 Å². The minimum Gasteiger partial charge on any atom is -0.493 e. The molecule has 3 N–H and O–H groups in total. The van der Waals surface area contributed by atoms with Crippen LogP contribution in [0.15, 0.2) is 60.7 Å². The molecule has 0 aliphatic carbocycles. The highest BCUT2D eigenvalue weighted by atomic mass is 16.5. The second kappa shape index (κ2) is 8.64. The first kappa shape index (κ1) is 22.2. The first-order valence-corrected chi connectivity index (χ1v) is 11.1. The smallest absolute Gasteiger partial charge is 0.261 e. The number of amides is 1. The number of nitrogen functional groups attached to an aromatic ring is 1. The van der Waals surface area contributed by atoms with Crippen LogP contribution in [0, 0.1) is 13.8 Å². The van der Waals surface area contributed by atoms with Crippen LogP contribution in [-0.4, -0.2) is 34.7 Å². The van der Waals surface area contributed by atoms with Gasteiger partial charge in [0.2, 0.25) is 0 Å². The van der Waals surface area contributed by atoms with Gasteiger partial charge in [-0.25, -0.2) is 9.97 Å². The minimum absolute atomic E-state index is 0.258. The summed E-state index contributed by atoms with van der Waals surface area (Å²) in [5, 5.41) is 2.92. The van der Waals surface area contributed by atoms with Crippen LogP contribution < -0.4 is 20.5 Å². The third-order valence-electron chi connectivity index (χ3n) is 6.18. The Kier molecular flexibility index (Phi) is 5.49. The van der Waals surface area contributed by atoms with E-state index in [1.54, 1.807) is 37.0 Å². The molecule has 5 aromatic rings. The number of nitrogens with two attached hydrogens (primary N) is 1. The van der Waals surface area contributed by atoms with Crippen LogP contribution in [0.5, 0.6) is 11.5 Å². The first-order valence-electron chi connectivity index (χ1n) is 11.1. The van der Waals surface area contributed by atoms with Crippen molar-refractivity contribution in [2.45, 2.75) is 13.8 Å². The number of hydrogen-bond donors (Lipinski definition) is 2. The molecule has 0 aliphatic heterocycles. The Morgan fingerprint density at radius 3 is 2.34 bits per heavy atom. The summed E-state index contributed by atoms with van der Waals surface area (Å²) in [5.41, 5.74) is 12.8. The van der Waals surface area contributed by atoms with Crippen molar-refractivity contribution < 1.29 is 14.3 Å². The molecule has 8 heteroatoms. The maximum atomic E-state index is 13.6. The van der Waals surface area contributed by atoms with E-state index in [1.165, 1.54) is 0 Å². The molecule has 0 aliphatic rings. The van der Waals surface area contributed by atoms with Crippen molar-refractivity contribution in [1.82, 2.24) is 14.5 Å². The molecule has 1 amide bonds. The Balaban J connectivity index is 1.72. The third-order valence-corrected chi connectivity index (χ3v) is 6.18. The molecule has 0 saturated carbocycles. The van der Waals surface area contributed by atoms with Crippen molar-refractivity contribution in [2.24, 2.45) is 0 Å². The Hall–Kier alpha value is -4.59. The molecule has 0 atom stereocenters. The number of benzene rings is 3. The third kappa shape index (κ3) is 3.69. The van der Waals surface area contributed by atoms with Crippen molar-refractivity contribution in [3.8, 4) is 17.2 Å². The number of ether oxygens (including phenoxy) is 2. The molecule has 2 aromatic heterocycles. The van der Waals surface area contributed by atoms with E-state index in [0.717, 1.165) is 22.3 Å². The van der Waals surface area contributed by atoms with Gasteiger partial charge in [0.25, 0.3) is 5.91 Å². The summed E-state index contributed by atoms with van der Waals surface area (Å²) in [5.74, 6) is 0.936. The van der Waals surface area contributed by atoms with Crippen molar-refractivity contribution in [3.05, 3.63) is 77.4 Å². The zero-order chi connectivity index (χ0) is 24.7. The molecule has 0 bridgehead atoms. The fourth-order valence-electron chi connectivity index (χ4n) is 4.21. The summed E-state index contributed by atoms with van der Waals surface area (Å²) in [7, 11) is 3.10. The fraction of sp³-hybridized carbons (Fsp3) is 0.148. The number of carbonyl (C=O) groups is 1. The summed E-state index contributed by atoms with van der Waals surface area (Å²) in [4.78, 5) is 23.2. The molecule has 0 fully saturated rings. The predicted molar refractivity (Wildman–Crippen MR) is 138 cm³/mol. The maximum Gasteiger partial charge on any atom is 0.261 e. The lowest BCUT2D eigenvalue weighted by Crippen LogP contribution is -2.15. The lowest BCUT2D eigenvalue weighted by molar-refractivity contribution is 0.102. The van der Waals surface area contributed by atoms with Gasteiger partial charge in [0.1, 0.15) is 16.9 Å². The standard InChI is InChI=1S/C27H25N5O3/c1-15-8-7-11-20(16(15)2)32-25(28)23(24-26(32)31-19-10-6-5-9-18(19)30-24)27(33)29-17-12-13-21(34-3)22(14-17)35-4/h5-14H,28H2,1-4H3,(H,29,33). The van der Waals surface area contributed by atoms with Gasteiger partial charge in [-0.05, 0) is 55.3 Å². The average molecular weight is 468 g/mol. The van der Waals surface area contributed by atoms with Crippen LogP contribution in [0.2, 0.25) is 0 Å². The quantitative estimate of drug-likeness (QED) is 0.375. The van der Waals surface area contributed by atoms with E-state index < -0.39 is 5.91 Å². The number of hydrogen-bond acceptors (Lipinski definition) is 6. The van der Waals surface area contributed by atoms with Gasteiger partial charge in [-0.15, -0.1) is 0 Å². The van der Waals surface area contributed by atoms with Gasteiger partial charge in [-0.2, -0.15) is 0 Å². The van der Waals surface area contributed by atoms with Crippen molar-refractivity contribution in [1.29, 1.82) is 0 Å². The number of para-hydroxylation sites is 2. The fourth-order valence-corrected chi connectivity index (χ4v) is 4.21. The number of aryl methyl sites for hydroxylation is 1. The predicted octanol–water partition coefficient (Wildman–Crippen LogP) is 5.04. The van der Waals surface area contributed by atoms with Gasteiger partial charge in [-0.1, -0.05) is 24.3 Å². The number of anilines is 2. The lowest BCUT2D eigenvalue weighted by atomic mass is 10.1. The number of methoxy groups -OCH3 is 2. The number of carbonyl (C=O) groups excluding carboxylic acids is 1. The second-order valence-corrected chi connectivity index (χ2v) is 8.22. The van der Waals surface area contributed by atoms with Crippen molar-refractivity contribution in [2.75, 3.05) is 25.3 Å². The number of nitrogens with one attached hydrogen (secondary N) is 1. The van der Waals surface area contributed by atoms with Crippen LogP contribution in [-0.2, 0) is 0 Å². The Bertz CT molecular complexity index is 1610. The molecule has 0 radical (unpaired) electrons. The summed E-state index contributed by atoms with van der Waals surface area (Å²) < 4.78 is 12.5. The molecular weight excluding hydrogens is 442 g/mol. The van der Waals surface area contributed by atoms with E-state index in [4.69, 9.17) is 25.2 Å². The van der Waals surface area contributed by atoms with Crippen LogP contribution in [0.3, 0.4) is 0 Å². The monoisotopic (exact) mass is 467 g/mol. The minimum atomic E-state index is -0.395. The largest absolute Gasteiger partial charge is 0.493 e. The van der Waals surface area contributed by atoms with E-state index in [-0.39, 0.29) is 11.4 Å². The van der Waals surface area contributed by atoms with Gasteiger partial charge >= 0.3 is 0 Å². The van der Waals surface area contributed by atoms with Crippen molar-refractivity contribution in [3.63, 3.8) is 0 Å². The summed E-state index contributed by atoms with van der Waals surface area (Å²) in [6, 6.07) is 18.7. The number of aromatic nitrogens is 3. The molecule has 2 heterocycles. The normalized spacial score (nSPS) is 11.1. The highest BCUT2D eigenvalue weighted by Crippen LogP contribution is 2.34. The Morgan fingerprint density at radius 1 is 0.914 bits per heavy atom. The van der Waals surface area contributed by atoms with Crippen LogP contribution in [0.25, 0.3) is 27.9 Å². The van der Waals surface area contributed by atoms with E-state index in [2.05, 4.69) is 5.32 Å². The second-order valence-electron chi connectivity index (χ2n) is 8.22. The molecule has 0 saturated heterocycles. The number of nitrogens with zero attached hydrogens (tertiary/aromatic N) is 3. The maximum absolute atomic E-state index is 13.6. The molecule has 0 spiro atoms. The van der Waals surface area contributed by atoms with Gasteiger partial charge < -0.3 is 20.5 Å². The molecule has 8 nitrogen and oxygen atoms in total. The van der Waals surface area contributed by atoms with E-state index in [0.29, 0.717) is 33.9 Å². The zero-order valence-corrected chi connectivity index (χ0v) is 19.9. The Labute approximate surface area is 202 Å². The van der Waals surface area contributed by atoms with Gasteiger partial charge in [0, 0.05) is 11.8 Å².